The molecular formula is C23H20N6O. The van der Waals surface area contributed by atoms with Crippen LogP contribution in [0.25, 0.3) is 27.6 Å². The Morgan fingerprint density at radius 1 is 1.20 bits per heavy atom. The summed E-state index contributed by atoms with van der Waals surface area (Å²) in [6.45, 7) is 4.87. The number of nitrogens with zero attached hydrogens (tertiary/aromatic N) is 5. The molecule has 2 N–H and O–H groups in total. The number of hydrogen-bond acceptors (Lipinski definition) is 5. The lowest BCUT2D eigenvalue weighted by Gasteiger charge is -2.16. The van der Waals surface area contributed by atoms with Crippen LogP contribution in [0, 0.1) is 0 Å². The number of rotatable bonds is 4. The van der Waals surface area contributed by atoms with Gasteiger partial charge in [-0.25, -0.2) is 9.97 Å². The Hall–Kier alpha value is -4.00. The third-order valence-electron chi connectivity index (χ3n) is 5.52. The first kappa shape index (κ1) is 18.1. The van der Waals surface area contributed by atoms with Gasteiger partial charge >= 0.3 is 0 Å². The van der Waals surface area contributed by atoms with E-state index in [9.17, 15) is 4.79 Å². The molecule has 3 heterocycles. The van der Waals surface area contributed by atoms with Crippen molar-refractivity contribution in [1.29, 1.82) is 0 Å². The van der Waals surface area contributed by atoms with Crippen LogP contribution in [0.15, 0.2) is 61.6 Å². The molecule has 0 aliphatic carbocycles. The van der Waals surface area contributed by atoms with Gasteiger partial charge in [0.15, 0.2) is 5.82 Å². The second-order valence-corrected chi connectivity index (χ2v) is 7.43. The molecule has 0 spiro atoms. The van der Waals surface area contributed by atoms with Crippen LogP contribution in [0.3, 0.4) is 0 Å². The van der Waals surface area contributed by atoms with Crippen LogP contribution < -0.4 is 5.73 Å². The summed E-state index contributed by atoms with van der Waals surface area (Å²) in [7, 11) is 1.92. The Morgan fingerprint density at radius 2 is 2.00 bits per heavy atom. The van der Waals surface area contributed by atoms with E-state index in [-0.39, 0.29) is 5.91 Å². The SMILES string of the molecule is C=C(CN1Cc2c(-c3ccc4cnn(C)c4c3)ccc(N)c2C1=O)c1ncccn1. The molecule has 1 aliphatic heterocycles. The van der Waals surface area contributed by atoms with Gasteiger partial charge in [-0.1, -0.05) is 24.8 Å². The zero-order chi connectivity index (χ0) is 20.8. The molecule has 0 saturated heterocycles. The number of anilines is 1. The summed E-state index contributed by atoms with van der Waals surface area (Å²) in [5.74, 6) is 0.444. The standard InChI is InChI=1S/C23H20N6O/c1-14(22-25-8-3-9-26-22)12-29-13-18-17(6-7-19(24)21(18)23(29)30)15-4-5-16-11-27-28(2)20(16)10-15/h3-11H,1,12-13,24H2,2H3. The van der Waals surface area contributed by atoms with Crippen LogP contribution in [0.1, 0.15) is 21.7 Å². The summed E-state index contributed by atoms with van der Waals surface area (Å²) >= 11 is 0. The van der Waals surface area contributed by atoms with Gasteiger partial charge in [0.25, 0.3) is 5.91 Å². The van der Waals surface area contributed by atoms with Crippen molar-refractivity contribution in [2.75, 3.05) is 12.3 Å². The quantitative estimate of drug-likeness (QED) is 0.535. The largest absolute Gasteiger partial charge is 0.398 e. The van der Waals surface area contributed by atoms with Crippen molar-refractivity contribution in [2.45, 2.75) is 6.54 Å². The fourth-order valence-electron chi connectivity index (χ4n) is 4.00. The number of amides is 1. The van der Waals surface area contributed by atoms with Crippen LogP contribution in [0.5, 0.6) is 0 Å². The summed E-state index contributed by atoms with van der Waals surface area (Å²) in [5, 5.41) is 5.39. The van der Waals surface area contributed by atoms with E-state index in [2.05, 4.69) is 33.8 Å². The Balaban J connectivity index is 1.52. The molecule has 30 heavy (non-hydrogen) atoms. The Morgan fingerprint density at radius 3 is 2.80 bits per heavy atom. The number of aryl methyl sites for hydroxylation is 1. The predicted octanol–water partition coefficient (Wildman–Crippen LogP) is 3.28. The van der Waals surface area contributed by atoms with Crippen molar-refractivity contribution >= 4 is 28.1 Å². The van der Waals surface area contributed by atoms with E-state index >= 15 is 0 Å². The zero-order valence-corrected chi connectivity index (χ0v) is 16.5. The Bertz CT molecular complexity index is 1310. The second-order valence-electron chi connectivity index (χ2n) is 7.43. The highest BCUT2D eigenvalue weighted by molar-refractivity contribution is 6.06. The number of carbonyl (C=O) groups is 1. The molecule has 5 rings (SSSR count). The molecule has 0 radical (unpaired) electrons. The van der Waals surface area contributed by atoms with E-state index in [1.54, 1.807) is 29.4 Å². The molecule has 0 fully saturated rings. The van der Waals surface area contributed by atoms with Gasteiger partial charge in [-0.2, -0.15) is 5.10 Å². The maximum atomic E-state index is 13.1. The van der Waals surface area contributed by atoms with Crippen LogP contribution in [0.2, 0.25) is 0 Å². The second kappa shape index (κ2) is 6.81. The summed E-state index contributed by atoms with van der Waals surface area (Å²) in [4.78, 5) is 23.3. The first-order chi connectivity index (χ1) is 14.5. The highest BCUT2D eigenvalue weighted by Crippen LogP contribution is 2.37. The van der Waals surface area contributed by atoms with Crippen molar-refractivity contribution in [3.63, 3.8) is 0 Å². The average molecular weight is 396 g/mol. The summed E-state index contributed by atoms with van der Waals surface area (Å²) in [6.07, 6.45) is 5.17. The van der Waals surface area contributed by atoms with Crippen molar-refractivity contribution in [3.05, 3.63) is 78.5 Å². The van der Waals surface area contributed by atoms with Crippen LogP contribution in [-0.4, -0.2) is 37.1 Å². The number of benzene rings is 2. The maximum Gasteiger partial charge on any atom is 0.256 e. The van der Waals surface area contributed by atoms with E-state index in [1.807, 2.05) is 30.1 Å². The van der Waals surface area contributed by atoms with Gasteiger partial charge in [0.1, 0.15) is 0 Å². The number of fused-ring (bicyclic) bond motifs is 2. The number of nitrogens with two attached hydrogens (primary N) is 1. The van der Waals surface area contributed by atoms with Gasteiger partial charge in [-0.05, 0) is 34.9 Å². The Labute approximate surface area is 173 Å². The molecular weight excluding hydrogens is 376 g/mol. The highest BCUT2D eigenvalue weighted by atomic mass is 16.2. The van der Waals surface area contributed by atoms with Crippen molar-refractivity contribution in [1.82, 2.24) is 24.6 Å². The van der Waals surface area contributed by atoms with Crippen LogP contribution >= 0.6 is 0 Å². The van der Waals surface area contributed by atoms with E-state index < -0.39 is 0 Å². The van der Waals surface area contributed by atoms with Crippen molar-refractivity contribution in [2.24, 2.45) is 7.05 Å². The van der Waals surface area contributed by atoms with E-state index in [4.69, 9.17) is 5.73 Å². The van der Waals surface area contributed by atoms with Gasteiger partial charge in [0, 0.05) is 49.2 Å². The topological polar surface area (TPSA) is 89.9 Å². The first-order valence-corrected chi connectivity index (χ1v) is 9.61. The normalized spacial score (nSPS) is 13.1. The molecule has 1 amide bonds. The van der Waals surface area contributed by atoms with Crippen LogP contribution in [-0.2, 0) is 13.6 Å². The third kappa shape index (κ3) is 2.83. The predicted molar refractivity (Wildman–Crippen MR) is 116 cm³/mol. The average Bonchev–Trinajstić information content (AvgIpc) is 3.29. The molecule has 7 heteroatoms. The minimum absolute atomic E-state index is 0.0944. The summed E-state index contributed by atoms with van der Waals surface area (Å²) < 4.78 is 1.84. The number of aromatic nitrogens is 4. The summed E-state index contributed by atoms with van der Waals surface area (Å²) in [6, 6.07) is 11.7. The number of hydrogen-bond donors (Lipinski definition) is 1. The van der Waals surface area contributed by atoms with Crippen molar-refractivity contribution < 1.29 is 4.79 Å². The molecule has 0 unspecified atom stereocenters. The lowest BCUT2D eigenvalue weighted by Crippen LogP contribution is -2.26. The summed E-state index contributed by atoms with van der Waals surface area (Å²) in [5.41, 5.74) is 11.9. The zero-order valence-electron chi connectivity index (χ0n) is 16.5. The lowest BCUT2D eigenvalue weighted by atomic mass is 9.95. The van der Waals surface area contributed by atoms with Crippen molar-refractivity contribution in [3.8, 4) is 11.1 Å². The molecule has 0 bridgehead atoms. The number of carbonyl (C=O) groups excluding carboxylic acids is 1. The fraction of sp³-hybridized carbons (Fsp3) is 0.130. The van der Waals surface area contributed by atoms with Gasteiger partial charge in [0.2, 0.25) is 0 Å². The smallest absolute Gasteiger partial charge is 0.256 e. The van der Waals surface area contributed by atoms with E-state index in [0.29, 0.717) is 35.7 Å². The molecule has 2 aromatic carbocycles. The van der Waals surface area contributed by atoms with Gasteiger partial charge < -0.3 is 10.6 Å². The van der Waals surface area contributed by atoms with Gasteiger partial charge in [0.05, 0.1) is 17.3 Å². The molecule has 4 aromatic rings. The van der Waals surface area contributed by atoms with E-state index in [0.717, 1.165) is 27.6 Å². The molecule has 7 nitrogen and oxygen atoms in total. The number of nitrogen functional groups attached to an aromatic ring is 1. The molecule has 2 aromatic heterocycles. The fourth-order valence-corrected chi connectivity index (χ4v) is 4.00. The molecule has 0 atom stereocenters. The van der Waals surface area contributed by atoms with Gasteiger partial charge in [-0.3, -0.25) is 9.48 Å². The minimum atomic E-state index is -0.0944. The molecule has 1 aliphatic rings. The molecule has 148 valence electrons. The monoisotopic (exact) mass is 396 g/mol. The first-order valence-electron chi connectivity index (χ1n) is 9.61. The van der Waals surface area contributed by atoms with Crippen LogP contribution in [0.4, 0.5) is 5.69 Å². The maximum absolute atomic E-state index is 13.1. The minimum Gasteiger partial charge on any atom is -0.398 e. The highest BCUT2D eigenvalue weighted by Gasteiger charge is 2.32. The Kier molecular flexibility index (Phi) is 4.10. The van der Waals surface area contributed by atoms with Gasteiger partial charge in [-0.15, -0.1) is 0 Å². The molecule has 0 saturated carbocycles. The third-order valence-corrected chi connectivity index (χ3v) is 5.52. The lowest BCUT2D eigenvalue weighted by molar-refractivity contribution is 0.0800. The van der Waals surface area contributed by atoms with E-state index in [1.165, 1.54) is 0 Å².